The van der Waals surface area contributed by atoms with Gasteiger partial charge in [0.2, 0.25) is 5.95 Å². The van der Waals surface area contributed by atoms with Crippen molar-refractivity contribution < 1.29 is 14.6 Å². The summed E-state index contributed by atoms with van der Waals surface area (Å²) in [6.45, 7) is 8.48. The van der Waals surface area contributed by atoms with E-state index in [4.69, 9.17) is 4.74 Å². The molecule has 6 atom stereocenters. The molecule has 2 aliphatic carbocycles. The summed E-state index contributed by atoms with van der Waals surface area (Å²) in [6, 6.07) is 1.83. The van der Waals surface area contributed by atoms with E-state index < -0.39 is 6.10 Å². The minimum atomic E-state index is -0.534. The zero-order valence-corrected chi connectivity index (χ0v) is 17.9. The van der Waals surface area contributed by atoms with Crippen molar-refractivity contribution >= 4 is 11.9 Å². The van der Waals surface area contributed by atoms with Crippen molar-refractivity contribution in [3.63, 3.8) is 0 Å². The van der Waals surface area contributed by atoms with E-state index in [9.17, 15) is 9.90 Å². The van der Waals surface area contributed by atoms with Crippen LogP contribution in [0.3, 0.4) is 0 Å². The summed E-state index contributed by atoms with van der Waals surface area (Å²) in [5.41, 5.74) is 1.05. The third-order valence-electron chi connectivity index (χ3n) is 8.23. The fourth-order valence-corrected chi connectivity index (χ4v) is 6.14. The Morgan fingerprint density at radius 3 is 2.70 bits per heavy atom. The van der Waals surface area contributed by atoms with Gasteiger partial charge in [-0.05, 0) is 24.8 Å². The molecule has 0 bridgehead atoms. The van der Waals surface area contributed by atoms with Crippen LogP contribution in [0.1, 0.15) is 33.1 Å². The number of anilines is 1. The van der Waals surface area contributed by atoms with Gasteiger partial charge in [-0.1, -0.05) is 25.5 Å². The van der Waals surface area contributed by atoms with Gasteiger partial charge in [-0.15, -0.1) is 0 Å². The second-order valence-corrected chi connectivity index (χ2v) is 9.64. The van der Waals surface area contributed by atoms with Crippen LogP contribution in [0.2, 0.25) is 0 Å². The summed E-state index contributed by atoms with van der Waals surface area (Å²) in [4.78, 5) is 26.0. The first kappa shape index (κ1) is 19.9. The highest BCUT2D eigenvalue weighted by Crippen LogP contribution is 2.56. The van der Waals surface area contributed by atoms with Gasteiger partial charge in [0.1, 0.15) is 6.10 Å². The van der Waals surface area contributed by atoms with Gasteiger partial charge in [0.15, 0.2) is 0 Å². The van der Waals surface area contributed by atoms with Crippen LogP contribution in [0.4, 0.5) is 5.95 Å². The lowest BCUT2D eigenvalue weighted by molar-refractivity contribution is -0.145. The number of aliphatic hydroxyl groups is 1. The van der Waals surface area contributed by atoms with E-state index in [0.29, 0.717) is 12.5 Å². The van der Waals surface area contributed by atoms with Crippen molar-refractivity contribution in [3.05, 3.63) is 30.1 Å². The van der Waals surface area contributed by atoms with Gasteiger partial charge in [0.05, 0.1) is 12.0 Å². The summed E-state index contributed by atoms with van der Waals surface area (Å²) in [6.07, 6.45) is 8.04. The number of aromatic nitrogens is 2. The zero-order valence-electron chi connectivity index (χ0n) is 17.9. The van der Waals surface area contributed by atoms with Gasteiger partial charge in [-0.3, -0.25) is 9.69 Å². The zero-order chi connectivity index (χ0) is 20.9. The van der Waals surface area contributed by atoms with Crippen LogP contribution in [-0.2, 0) is 9.53 Å². The number of rotatable bonds is 3. The predicted octanol–water partition coefficient (Wildman–Crippen LogP) is 1.88. The number of fused-ring (bicyclic) bond motifs is 2. The Morgan fingerprint density at radius 2 is 1.97 bits per heavy atom. The first-order valence-electron chi connectivity index (χ1n) is 11.3. The summed E-state index contributed by atoms with van der Waals surface area (Å²) < 4.78 is 5.81. The van der Waals surface area contributed by atoms with E-state index in [0.717, 1.165) is 51.4 Å². The minimum Gasteiger partial charge on any atom is -0.461 e. The molecule has 0 radical (unpaired) electrons. The smallest absolute Gasteiger partial charge is 0.311 e. The second kappa shape index (κ2) is 7.61. The number of ether oxygens (including phenoxy) is 1. The topological polar surface area (TPSA) is 78.8 Å². The molecular formula is C23H32N4O3. The standard InChI is InChI=1S/C23H32N4O3/c1-15-5-3-6-16-13-18-19(20(28)23(15,16)2)17(21(29)30-18)14-26-9-11-27(12-10-26)22-24-7-4-8-25-22/h4,6-8,15,17-20,28H,3,5,9-14H2,1-2H3/t15-,17+,18-,19-,20-,23-/m1/s1. The van der Waals surface area contributed by atoms with Crippen LogP contribution in [0.25, 0.3) is 0 Å². The third kappa shape index (κ3) is 3.14. The Hall–Kier alpha value is -1.99. The molecule has 3 heterocycles. The molecule has 0 unspecified atom stereocenters. The van der Waals surface area contributed by atoms with Crippen LogP contribution in [0.5, 0.6) is 0 Å². The van der Waals surface area contributed by atoms with Crippen LogP contribution < -0.4 is 4.90 Å². The highest BCUT2D eigenvalue weighted by atomic mass is 16.6. The van der Waals surface area contributed by atoms with Crippen LogP contribution in [0.15, 0.2) is 30.1 Å². The maximum atomic E-state index is 12.8. The Bertz CT molecular complexity index is 823. The lowest BCUT2D eigenvalue weighted by Gasteiger charge is -2.52. The molecule has 5 rings (SSSR count). The molecule has 30 heavy (non-hydrogen) atoms. The first-order valence-corrected chi connectivity index (χ1v) is 11.3. The highest BCUT2D eigenvalue weighted by Gasteiger charge is 2.59. The fourth-order valence-electron chi connectivity index (χ4n) is 6.14. The summed E-state index contributed by atoms with van der Waals surface area (Å²) in [5.74, 6) is 0.680. The Labute approximate surface area is 178 Å². The molecule has 7 heteroatoms. The van der Waals surface area contributed by atoms with E-state index in [1.807, 2.05) is 6.07 Å². The SMILES string of the molecule is C[C@@H]1CCC=C2C[C@H]3OC(=O)[C@@H](CN4CCN(c5ncccn5)CC4)[C@H]3[C@@H](O)[C@@]21C. The van der Waals surface area contributed by atoms with Crippen molar-refractivity contribution in [1.29, 1.82) is 0 Å². The number of allylic oxidation sites excluding steroid dienone is 1. The lowest BCUT2D eigenvalue weighted by atomic mass is 9.55. The molecule has 162 valence electrons. The third-order valence-corrected chi connectivity index (χ3v) is 8.23. The van der Waals surface area contributed by atoms with Gasteiger partial charge >= 0.3 is 5.97 Å². The maximum Gasteiger partial charge on any atom is 0.311 e. The van der Waals surface area contributed by atoms with Crippen LogP contribution >= 0.6 is 0 Å². The minimum absolute atomic E-state index is 0.115. The number of aliphatic hydroxyl groups excluding tert-OH is 1. The highest BCUT2D eigenvalue weighted by molar-refractivity contribution is 5.76. The Morgan fingerprint density at radius 1 is 1.23 bits per heavy atom. The number of hydrogen-bond acceptors (Lipinski definition) is 7. The van der Waals surface area contributed by atoms with Crippen LogP contribution in [-0.4, -0.2) is 70.9 Å². The van der Waals surface area contributed by atoms with E-state index in [1.165, 1.54) is 5.57 Å². The molecule has 2 aliphatic heterocycles. The second-order valence-electron chi connectivity index (χ2n) is 9.64. The van der Waals surface area contributed by atoms with Crippen molar-refractivity contribution in [2.75, 3.05) is 37.6 Å². The Kier molecular flexibility index (Phi) is 5.06. The summed E-state index contributed by atoms with van der Waals surface area (Å²) in [7, 11) is 0. The molecule has 0 spiro atoms. The average molecular weight is 413 g/mol. The predicted molar refractivity (Wildman–Crippen MR) is 113 cm³/mol. The van der Waals surface area contributed by atoms with E-state index >= 15 is 0 Å². The molecule has 2 saturated heterocycles. The molecular weight excluding hydrogens is 380 g/mol. The molecule has 7 nitrogen and oxygen atoms in total. The van der Waals surface area contributed by atoms with Gasteiger partial charge in [0.25, 0.3) is 0 Å². The van der Waals surface area contributed by atoms with Crippen molar-refractivity contribution in [2.45, 2.75) is 45.3 Å². The van der Waals surface area contributed by atoms with Gasteiger partial charge < -0.3 is 14.7 Å². The van der Waals surface area contributed by atoms with Crippen molar-refractivity contribution in [3.8, 4) is 0 Å². The van der Waals surface area contributed by atoms with Crippen molar-refractivity contribution in [1.82, 2.24) is 14.9 Å². The van der Waals surface area contributed by atoms with E-state index in [1.54, 1.807) is 12.4 Å². The van der Waals surface area contributed by atoms with Crippen molar-refractivity contribution in [2.24, 2.45) is 23.2 Å². The molecule has 1 aromatic heterocycles. The number of carbonyl (C=O) groups is 1. The maximum absolute atomic E-state index is 12.8. The molecule has 0 amide bonds. The Balaban J connectivity index is 1.28. The molecule has 1 saturated carbocycles. The molecule has 1 N–H and O–H groups in total. The number of carbonyl (C=O) groups excluding carboxylic acids is 1. The first-order chi connectivity index (χ1) is 14.5. The van der Waals surface area contributed by atoms with E-state index in [-0.39, 0.29) is 29.3 Å². The van der Waals surface area contributed by atoms with Gasteiger partial charge in [0, 0.05) is 62.9 Å². The fraction of sp³-hybridized carbons (Fsp3) is 0.696. The number of hydrogen-bond donors (Lipinski definition) is 1. The van der Waals surface area contributed by atoms with E-state index in [2.05, 4.69) is 39.7 Å². The number of esters is 1. The van der Waals surface area contributed by atoms with Crippen LogP contribution in [0, 0.1) is 23.2 Å². The molecule has 3 fully saturated rings. The normalized spacial score (nSPS) is 39.2. The monoisotopic (exact) mass is 412 g/mol. The summed E-state index contributed by atoms with van der Waals surface area (Å²) >= 11 is 0. The average Bonchev–Trinajstić information content (AvgIpc) is 3.07. The largest absolute Gasteiger partial charge is 0.461 e. The van der Waals surface area contributed by atoms with Gasteiger partial charge in [-0.25, -0.2) is 9.97 Å². The van der Waals surface area contributed by atoms with Gasteiger partial charge in [-0.2, -0.15) is 0 Å². The number of nitrogens with zero attached hydrogens (tertiary/aromatic N) is 4. The molecule has 1 aromatic rings. The lowest BCUT2D eigenvalue weighted by Crippen LogP contribution is -2.55. The quantitative estimate of drug-likeness (QED) is 0.600. The summed E-state index contributed by atoms with van der Waals surface area (Å²) in [5, 5.41) is 11.5. The molecule has 0 aromatic carbocycles. The number of piperazine rings is 1. The molecule has 4 aliphatic rings.